The normalized spacial score (nSPS) is 22.9. The van der Waals surface area contributed by atoms with Crippen LogP contribution in [0.1, 0.15) is 38.6 Å². The molecule has 1 aromatic heterocycles. The molecule has 0 radical (unpaired) electrons. The van der Waals surface area contributed by atoms with Crippen LogP contribution in [-0.4, -0.2) is 20.2 Å². The number of benzene rings is 1. The molecule has 1 aromatic carbocycles. The van der Waals surface area contributed by atoms with Gasteiger partial charge in [-0.2, -0.15) is 0 Å². The van der Waals surface area contributed by atoms with E-state index in [1.807, 2.05) is 22.9 Å². The molecule has 2 atom stereocenters. The molecule has 1 aliphatic rings. The number of rotatable bonds is 2. The van der Waals surface area contributed by atoms with Crippen LogP contribution in [-0.2, 0) is 0 Å². The minimum absolute atomic E-state index is 0.388. The quantitative estimate of drug-likeness (QED) is 0.853. The fourth-order valence-corrected chi connectivity index (χ4v) is 3.20. The third-order valence-corrected chi connectivity index (χ3v) is 4.85. The minimum Gasteiger partial charge on any atom is -0.398 e. The smallest absolute Gasteiger partial charge is 0.182 e. The Bertz CT molecular complexity index is 609. The molecule has 0 bridgehead atoms. The number of aromatic nitrogens is 4. The van der Waals surface area contributed by atoms with E-state index in [4.69, 9.17) is 5.73 Å². The summed E-state index contributed by atoms with van der Waals surface area (Å²) >= 11 is 3.41. The molecule has 1 heterocycles. The molecule has 2 aromatic rings. The summed E-state index contributed by atoms with van der Waals surface area (Å²) in [6.45, 7) is 2.28. The molecule has 2 N–H and O–H groups in total. The summed E-state index contributed by atoms with van der Waals surface area (Å²) in [6, 6.07) is 6.24. The van der Waals surface area contributed by atoms with Gasteiger partial charge in [-0.1, -0.05) is 19.8 Å². The van der Waals surface area contributed by atoms with Crippen molar-refractivity contribution in [3.05, 3.63) is 22.7 Å². The van der Waals surface area contributed by atoms with Crippen LogP contribution >= 0.6 is 15.9 Å². The van der Waals surface area contributed by atoms with Crippen LogP contribution in [0.25, 0.3) is 11.4 Å². The van der Waals surface area contributed by atoms with Gasteiger partial charge >= 0.3 is 0 Å². The van der Waals surface area contributed by atoms with Crippen molar-refractivity contribution >= 4 is 21.6 Å². The molecule has 1 fully saturated rings. The Morgan fingerprint density at radius 1 is 1.30 bits per heavy atom. The molecule has 20 heavy (non-hydrogen) atoms. The Labute approximate surface area is 126 Å². The number of hydrogen-bond acceptors (Lipinski definition) is 4. The Hall–Kier alpha value is -1.43. The Morgan fingerprint density at radius 3 is 2.85 bits per heavy atom. The third kappa shape index (κ3) is 2.44. The van der Waals surface area contributed by atoms with Gasteiger partial charge in [0.2, 0.25) is 0 Å². The summed E-state index contributed by atoms with van der Waals surface area (Å²) in [6.07, 6.45) is 4.94. The maximum absolute atomic E-state index is 5.96. The fourth-order valence-electron chi connectivity index (χ4n) is 2.95. The van der Waals surface area contributed by atoms with E-state index in [-0.39, 0.29) is 0 Å². The number of nitrogen functional groups attached to an aromatic ring is 1. The van der Waals surface area contributed by atoms with Gasteiger partial charge in [-0.3, -0.25) is 0 Å². The fraction of sp³-hybridized carbons (Fsp3) is 0.500. The van der Waals surface area contributed by atoms with Crippen LogP contribution in [0.5, 0.6) is 0 Å². The summed E-state index contributed by atoms with van der Waals surface area (Å²) in [4.78, 5) is 0. The first-order valence-corrected chi connectivity index (χ1v) is 7.79. The highest BCUT2D eigenvalue weighted by Gasteiger charge is 2.26. The van der Waals surface area contributed by atoms with Gasteiger partial charge in [0.1, 0.15) is 0 Å². The summed E-state index contributed by atoms with van der Waals surface area (Å²) in [5, 5.41) is 12.3. The van der Waals surface area contributed by atoms with Crippen LogP contribution in [0.4, 0.5) is 5.69 Å². The molecule has 1 saturated carbocycles. The first-order chi connectivity index (χ1) is 9.66. The predicted octanol–water partition coefficient (Wildman–Crippen LogP) is 3.44. The molecule has 0 amide bonds. The number of tetrazole rings is 1. The van der Waals surface area contributed by atoms with E-state index in [1.54, 1.807) is 0 Å². The van der Waals surface area contributed by atoms with Gasteiger partial charge in [-0.25, -0.2) is 4.68 Å². The Balaban J connectivity index is 1.98. The standard InChI is InChI=1S/C14H18BrN5/c1-9-4-2-3-5-13(9)20-14(17-18-19-20)10-6-7-11(15)12(16)8-10/h6-9,13H,2-5,16H2,1H3. The van der Waals surface area contributed by atoms with E-state index in [2.05, 4.69) is 38.4 Å². The average molecular weight is 336 g/mol. The SMILES string of the molecule is CC1CCCCC1n1nnnc1-c1ccc(Br)c(N)c1. The van der Waals surface area contributed by atoms with E-state index < -0.39 is 0 Å². The largest absolute Gasteiger partial charge is 0.398 e. The highest BCUT2D eigenvalue weighted by atomic mass is 79.9. The lowest BCUT2D eigenvalue weighted by atomic mass is 9.86. The molecule has 0 aliphatic heterocycles. The topological polar surface area (TPSA) is 69.6 Å². The number of anilines is 1. The maximum atomic E-state index is 5.96. The lowest BCUT2D eigenvalue weighted by Gasteiger charge is -2.29. The van der Waals surface area contributed by atoms with Crippen molar-refractivity contribution in [3.63, 3.8) is 0 Å². The summed E-state index contributed by atoms with van der Waals surface area (Å²) in [5.74, 6) is 1.42. The van der Waals surface area contributed by atoms with Crippen molar-refractivity contribution in [2.75, 3.05) is 5.73 Å². The number of hydrogen-bond donors (Lipinski definition) is 1. The Morgan fingerprint density at radius 2 is 2.10 bits per heavy atom. The van der Waals surface area contributed by atoms with Crippen molar-refractivity contribution in [3.8, 4) is 11.4 Å². The van der Waals surface area contributed by atoms with Gasteiger partial charge < -0.3 is 5.73 Å². The lowest BCUT2D eigenvalue weighted by Crippen LogP contribution is -2.23. The molecule has 106 valence electrons. The van der Waals surface area contributed by atoms with Gasteiger partial charge in [0, 0.05) is 15.7 Å². The second-order valence-electron chi connectivity index (χ2n) is 5.51. The van der Waals surface area contributed by atoms with Crippen LogP contribution in [0.3, 0.4) is 0 Å². The van der Waals surface area contributed by atoms with E-state index >= 15 is 0 Å². The number of nitrogens with zero attached hydrogens (tertiary/aromatic N) is 4. The first kappa shape index (κ1) is 13.5. The zero-order valence-corrected chi connectivity index (χ0v) is 13.0. The molecule has 0 spiro atoms. The maximum Gasteiger partial charge on any atom is 0.182 e. The summed E-state index contributed by atoms with van der Waals surface area (Å²) in [7, 11) is 0. The molecule has 1 aliphatic carbocycles. The summed E-state index contributed by atoms with van der Waals surface area (Å²) in [5.41, 5.74) is 7.63. The first-order valence-electron chi connectivity index (χ1n) is 7.00. The highest BCUT2D eigenvalue weighted by molar-refractivity contribution is 9.10. The lowest BCUT2D eigenvalue weighted by molar-refractivity contribution is 0.239. The van der Waals surface area contributed by atoms with Gasteiger partial charge in [-0.05, 0) is 63.3 Å². The van der Waals surface area contributed by atoms with Crippen LogP contribution in [0.15, 0.2) is 22.7 Å². The van der Waals surface area contributed by atoms with E-state index in [0.29, 0.717) is 17.6 Å². The molecular formula is C14H18BrN5. The zero-order valence-electron chi connectivity index (χ0n) is 11.5. The minimum atomic E-state index is 0.388. The van der Waals surface area contributed by atoms with Gasteiger partial charge in [0.15, 0.2) is 5.82 Å². The molecule has 3 rings (SSSR count). The van der Waals surface area contributed by atoms with Crippen LogP contribution in [0, 0.1) is 5.92 Å². The van der Waals surface area contributed by atoms with E-state index in [9.17, 15) is 0 Å². The van der Waals surface area contributed by atoms with E-state index in [0.717, 1.165) is 22.3 Å². The second kappa shape index (κ2) is 5.52. The zero-order chi connectivity index (χ0) is 14.1. The van der Waals surface area contributed by atoms with Crippen LogP contribution in [0.2, 0.25) is 0 Å². The highest BCUT2D eigenvalue weighted by Crippen LogP contribution is 2.35. The number of halogens is 1. The van der Waals surface area contributed by atoms with Gasteiger partial charge in [0.05, 0.1) is 6.04 Å². The van der Waals surface area contributed by atoms with Crippen molar-refractivity contribution in [2.24, 2.45) is 5.92 Å². The summed E-state index contributed by atoms with van der Waals surface area (Å²) < 4.78 is 2.87. The molecular weight excluding hydrogens is 318 g/mol. The van der Waals surface area contributed by atoms with Crippen molar-refractivity contribution in [1.29, 1.82) is 0 Å². The van der Waals surface area contributed by atoms with E-state index in [1.165, 1.54) is 19.3 Å². The average Bonchev–Trinajstić information content (AvgIpc) is 2.91. The molecule has 2 unspecified atom stereocenters. The molecule has 6 heteroatoms. The predicted molar refractivity (Wildman–Crippen MR) is 82.0 cm³/mol. The molecule has 0 saturated heterocycles. The van der Waals surface area contributed by atoms with Crippen molar-refractivity contribution < 1.29 is 0 Å². The van der Waals surface area contributed by atoms with Gasteiger partial charge in [0.25, 0.3) is 0 Å². The molecule has 5 nitrogen and oxygen atoms in total. The second-order valence-corrected chi connectivity index (χ2v) is 6.37. The third-order valence-electron chi connectivity index (χ3n) is 4.13. The van der Waals surface area contributed by atoms with Crippen molar-refractivity contribution in [1.82, 2.24) is 20.2 Å². The van der Waals surface area contributed by atoms with Crippen LogP contribution < -0.4 is 5.73 Å². The van der Waals surface area contributed by atoms with Gasteiger partial charge in [-0.15, -0.1) is 5.10 Å². The Kier molecular flexibility index (Phi) is 3.74. The number of nitrogens with two attached hydrogens (primary N) is 1. The monoisotopic (exact) mass is 335 g/mol. The van der Waals surface area contributed by atoms with Crippen molar-refractivity contribution in [2.45, 2.75) is 38.6 Å².